The molecule has 0 aliphatic carbocycles. The predicted octanol–water partition coefficient (Wildman–Crippen LogP) is 3.45. The van der Waals surface area contributed by atoms with Crippen LogP contribution in [0.4, 0.5) is 0 Å². The second kappa shape index (κ2) is 7.47. The van der Waals surface area contributed by atoms with Gasteiger partial charge in [0.2, 0.25) is 0 Å². The summed E-state index contributed by atoms with van der Waals surface area (Å²) in [6, 6.07) is 18.0. The van der Waals surface area contributed by atoms with E-state index in [2.05, 4.69) is 17.4 Å². The zero-order valence-corrected chi connectivity index (χ0v) is 13.8. The fourth-order valence-electron chi connectivity index (χ4n) is 1.85. The highest BCUT2D eigenvalue weighted by molar-refractivity contribution is 7.98. The van der Waals surface area contributed by atoms with Crippen molar-refractivity contribution in [2.45, 2.75) is 30.0 Å². The van der Waals surface area contributed by atoms with E-state index in [0.717, 1.165) is 10.6 Å². The fourth-order valence-corrected chi connectivity index (χ4v) is 2.71. The van der Waals surface area contributed by atoms with Crippen molar-refractivity contribution in [2.75, 3.05) is 6.54 Å². The summed E-state index contributed by atoms with van der Waals surface area (Å²) in [6.45, 7) is 4.23. The van der Waals surface area contributed by atoms with E-state index < -0.39 is 5.54 Å². The molecule has 2 rings (SSSR count). The molecule has 0 bridgehead atoms. The third kappa shape index (κ3) is 5.54. The van der Waals surface area contributed by atoms with E-state index >= 15 is 0 Å². The Bertz CT molecular complexity index is 603. The van der Waals surface area contributed by atoms with Gasteiger partial charge in [0, 0.05) is 28.3 Å². The van der Waals surface area contributed by atoms with Crippen molar-refractivity contribution in [1.82, 2.24) is 5.32 Å². The summed E-state index contributed by atoms with van der Waals surface area (Å²) in [7, 11) is 0. The first kappa shape index (κ1) is 16.6. The quantitative estimate of drug-likeness (QED) is 0.803. The van der Waals surface area contributed by atoms with Crippen LogP contribution < -0.4 is 11.1 Å². The third-order valence-electron chi connectivity index (χ3n) is 3.07. The molecule has 0 spiro atoms. The lowest BCUT2D eigenvalue weighted by Crippen LogP contribution is -2.45. The second-order valence-corrected chi connectivity index (χ2v) is 7.02. The van der Waals surface area contributed by atoms with Crippen molar-refractivity contribution in [3.63, 3.8) is 0 Å². The molecule has 3 N–H and O–H groups in total. The number of carbonyl (C=O) groups excluding carboxylic acids is 1. The van der Waals surface area contributed by atoms with E-state index in [1.165, 1.54) is 5.56 Å². The molecule has 2 aromatic carbocycles. The first-order valence-corrected chi connectivity index (χ1v) is 8.26. The molecule has 0 heterocycles. The van der Waals surface area contributed by atoms with E-state index in [0.29, 0.717) is 12.1 Å². The largest absolute Gasteiger partial charge is 0.350 e. The molecule has 4 heteroatoms. The minimum absolute atomic E-state index is 0.0851. The van der Waals surface area contributed by atoms with Gasteiger partial charge in [0.1, 0.15) is 0 Å². The number of carbonyl (C=O) groups is 1. The van der Waals surface area contributed by atoms with Crippen molar-refractivity contribution in [2.24, 2.45) is 5.73 Å². The Morgan fingerprint density at radius 2 is 1.73 bits per heavy atom. The van der Waals surface area contributed by atoms with Gasteiger partial charge in [0.15, 0.2) is 0 Å². The minimum Gasteiger partial charge on any atom is -0.350 e. The van der Waals surface area contributed by atoms with E-state index in [1.807, 2.05) is 56.3 Å². The van der Waals surface area contributed by atoms with Gasteiger partial charge in [-0.1, -0.05) is 30.3 Å². The second-order valence-electron chi connectivity index (χ2n) is 5.97. The molecule has 0 aliphatic heterocycles. The van der Waals surface area contributed by atoms with Gasteiger partial charge in [0.05, 0.1) is 0 Å². The number of rotatable bonds is 6. The summed E-state index contributed by atoms with van der Waals surface area (Å²) >= 11 is 1.76. The molecule has 0 saturated heterocycles. The van der Waals surface area contributed by atoms with Gasteiger partial charge >= 0.3 is 0 Å². The fraction of sp³-hybridized carbons (Fsp3) is 0.278. The molecule has 0 unspecified atom stereocenters. The number of hydrogen-bond acceptors (Lipinski definition) is 3. The van der Waals surface area contributed by atoms with Crippen molar-refractivity contribution in [1.29, 1.82) is 0 Å². The zero-order chi connectivity index (χ0) is 16.0. The Morgan fingerprint density at radius 1 is 1.09 bits per heavy atom. The monoisotopic (exact) mass is 314 g/mol. The molecular formula is C18H22N2OS. The standard InChI is InChI=1S/C18H22N2OS/c1-18(2,19)13-20-17(21)15-8-10-16(11-9-15)22-12-14-6-4-3-5-7-14/h3-11H,12-13,19H2,1-2H3,(H,20,21). The van der Waals surface area contributed by atoms with Crippen molar-refractivity contribution in [3.8, 4) is 0 Å². The van der Waals surface area contributed by atoms with E-state index in [-0.39, 0.29) is 5.91 Å². The Kier molecular flexibility index (Phi) is 5.63. The summed E-state index contributed by atoms with van der Waals surface area (Å²) in [6.07, 6.45) is 0. The normalized spacial score (nSPS) is 11.2. The lowest BCUT2D eigenvalue weighted by atomic mass is 10.1. The zero-order valence-electron chi connectivity index (χ0n) is 13.0. The summed E-state index contributed by atoms with van der Waals surface area (Å²) in [5, 5.41) is 2.85. The molecule has 22 heavy (non-hydrogen) atoms. The summed E-state index contributed by atoms with van der Waals surface area (Å²) in [4.78, 5) is 13.2. The Hall–Kier alpha value is -1.78. The Balaban J connectivity index is 1.88. The molecule has 0 fully saturated rings. The van der Waals surface area contributed by atoms with Crippen LogP contribution in [0.5, 0.6) is 0 Å². The van der Waals surface area contributed by atoms with Crippen LogP contribution in [0.3, 0.4) is 0 Å². The van der Waals surface area contributed by atoms with Crippen LogP contribution in [0.1, 0.15) is 29.8 Å². The van der Waals surface area contributed by atoms with E-state index in [1.54, 1.807) is 11.8 Å². The van der Waals surface area contributed by atoms with Crippen LogP contribution in [0, 0.1) is 0 Å². The average Bonchev–Trinajstić information content (AvgIpc) is 2.51. The number of thioether (sulfide) groups is 1. The third-order valence-corrected chi connectivity index (χ3v) is 4.15. The highest BCUT2D eigenvalue weighted by Gasteiger charge is 2.13. The van der Waals surface area contributed by atoms with Crippen LogP contribution in [-0.4, -0.2) is 18.0 Å². The molecule has 0 aliphatic rings. The van der Waals surface area contributed by atoms with Crippen LogP contribution in [-0.2, 0) is 5.75 Å². The molecule has 116 valence electrons. The van der Waals surface area contributed by atoms with Gasteiger partial charge in [0.25, 0.3) is 5.91 Å². The van der Waals surface area contributed by atoms with Gasteiger partial charge < -0.3 is 11.1 Å². The Labute approximate surface area is 136 Å². The number of nitrogens with two attached hydrogens (primary N) is 1. The van der Waals surface area contributed by atoms with Gasteiger partial charge in [-0.15, -0.1) is 11.8 Å². The maximum absolute atomic E-state index is 12.0. The van der Waals surface area contributed by atoms with Crippen LogP contribution in [0.25, 0.3) is 0 Å². The first-order chi connectivity index (χ1) is 10.4. The maximum Gasteiger partial charge on any atom is 0.251 e. The minimum atomic E-state index is -0.402. The lowest BCUT2D eigenvalue weighted by molar-refractivity contribution is 0.0946. The van der Waals surface area contributed by atoms with Gasteiger partial charge in [-0.3, -0.25) is 4.79 Å². The van der Waals surface area contributed by atoms with Crippen LogP contribution >= 0.6 is 11.8 Å². The molecule has 0 radical (unpaired) electrons. The van der Waals surface area contributed by atoms with Crippen molar-refractivity contribution < 1.29 is 4.79 Å². The van der Waals surface area contributed by atoms with Gasteiger partial charge in [-0.2, -0.15) is 0 Å². The maximum atomic E-state index is 12.0. The topological polar surface area (TPSA) is 55.1 Å². The lowest BCUT2D eigenvalue weighted by Gasteiger charge is -2.18. The molecule has 2 aromatic rings. The van der Waals surface area contributed by atoms with Crippen molar-refractivity contribution in [3.05, 3.63) is 65.7 Å². The molecule has 3 nitrogen and oxygen atoms in total. The molecule has 0 aromatic heterocycles. The number of nitrogens with one attached hydrogen (secondary N) is 1. The highest BCUT2D eigenvalue weighted by Crippen LogP contribution is 2.22. The van der Waals surface area contributed by atoms with Crippen molar-refractivity contribution >= 4 is 17.7 Å². The van der Waals surface area contributed by atoms with Crippen LogP contribution in [0.2, 0.25) is 0 Å². The highest BCUT2D eigenvalue weighted by atomic mass is 32.2. The summed E-state index contributed by atoms with van der Waals surface area (Å²) in [5.41, 5.74) is 7.41. The van der Waals surface area contributed by atoms with E-state index in [9.17, 15) is 4.79 Å². The summed E-state index contributed by atoms with van der Waals surface area (Å²) < 4.78 is 0. The predicted molar refractivity (Wildman–Crippen MR) is 93.0 cm³/mol. The van der Waals surface area contributed by atoms with Gasteiger partial charge in [-0.25, -0.2) is 0 Å². The van der Waals surface area contributed by atoms with E-state index in [4.69, 9.17) is 5.73 Å². The van der Waals surface area contributed by atoms with Crippen LogP contribution in [0.15, 0.2) is 59.5 Å². The Morgan fingerprint density at radius 3 is 2.32 bits per heavy atom. The number of hydrogen-bond donors (Lipinski definition) is 2. The summed E-state index contributed by atoms with van der Waals surface area (Å²) in [5.74, 6) is 0.839. The first-order valence-electron chi connectivity index (χ1n) is 7.28. The average molecular weight is 314 g/mol. The molecule has 0 atom stereocenters. The SMILES string of the molecule is CC(C)(N)CNC(=O)c1ccc(SCc2ccccc2)cc1. The number of benzene rings is 2. The number of amides is 1. The molecule has 0 saturated carbocycles. The van der Waals surface area contributed by atoms with Gasteiger partial charge in [-0.05, 0) is 43.7 Å². The molecule has 1 amide bonds. The smallest absolute Gasteiger partial charge is 0.251 e. The molecular weight excluding hydrogens is 292 g/mol.